The van der Waals surface area contributed by atoms with Gasteiger partial charge in [0.2, 0.25) is 0 Å². The highest BCUT2D eigenvalue weighted by molar-refractivity contribution is 14.1. The number of imidazole rings is 1. The van der Waals surface area contributed by atoms with E-state index in [-0.39, 0.29) is 11.0 Å². The first-order chi connectivity index (χ1) is 13.6. The third-order valence-electron chi connectivity index (χ3n) is 4.13. The second-order valence-corrected chi connectivity index (χ2v) is 7.64. The lowest BCUT2D eigenvalue weighted by molar-refractivity contribution is 0.0977. The van der Waals surface area contributed by atoms with Gasteiger partial charge in [-0.1, -0.05) is 36.4 Å². The molecule has 0 saturated heterocycles. The summed E-state index contributed by atoms with van der Waals surface area (Å²) in [5, 5.41) is 6.02. The van der Waals surface area contributed by atoms with Crippen LogP contribution in [0, 0.1) is 3.57 Å². The number of hydrogen-bond donors (Lipinski definition) is 3. The fraction of sp³-hybridized carbons (Fsp3) is 0. The molecule has 0 saturated carbocycles. The Balaban J connectivity index is 1.49. The van der Waals surface area contributed by atoms with Crippen LogP contribution in [0.2, 0.25) is 0 Å². The zero-order valence-electron chi connectivity index (χ0n) is 14.6. The number of anilines is 1. The van der Waals surface area contributed by atoms with Crippen LogP contribution in [-0.2, 0) is 0 Å². The van der Waals surface area contributed by atoms with E-state index in [1.165, 1.54) is 0 Å². The fourth-order valence-electron chi connectivity index (χ4n) is 2.81. The first kappa shape index (κ1) is 18.6. The van der Waals surface area contributed by atoms with Crippen LogP contribution in [0.3, 0.4) is 0 Å². The molecular weight excluding hydrogens is 483 g/mol. The number of para-hydroxylation sites is 2. The number of aromatic nitrogens is 2. The average molecular weight is 498 g/mol. The molecule has 0 aliphatic heterocycles. The van der Waals surface area contributed by atoms with Gasteiger partial charge in [-0.25, -0.2) is 4.98 Å². The highest BCUT2D eigenvalue weighted by Gasteiger charge is 2.11. The summed E-state index contributed by atoms with van der Waals surface area (Å²) in [7, 11) is 0. The summed E-state index contributed by atoms with van der Waals surface area (Å²) in [5.74, 6) is 0.537. The normalized spacial score (nSPS) is 10.6. The number of rotatable bonds is 3. The Morgan fingerprint density at radius 2 is 1.79 bits per heavy atom. The molecule has 0 radical (unpaired) electrons. The van der Waals surface area contributed by atoms with E-state index in [0.29, 0.717) is 5.56 Å². The van der Waals surface area contributed by atoms with Gasteiger partial charge < -0.3 is 10.3 Å². The number of aromatic amines is 1. The van der Waals surface area contributed by atoms with Gasteiger partial charge in [0.1, 0.15) is 5.82 Å². The zero-order valence-corrected chi connectivity index (χ0v) is 17.5. The molecule has 0 atom stereocenters. The number of nitrogens with one attached hydrogen (secondary N) is 3. The van der Waals surface area contributed by atoms with Crippen molar-refractivity contribution in [2.45, 2.75) is 0 Å². The Bertz CT molecular complexity index is 1150. The van der Waals surface area contributed by atoms with E-state index in [0.717, 1.165) is 31.7 Å². The topological polar surface area (TPSA) is 69.8 Å². The van der Waals surface area contributed by atoms with Crippen LogP contribution in [0.25, 0.3) is 22.4 Å². The van der Waals surface area contributed by atoms with E-state index < -0.39 is 0 Å². The van der Waals surface area contributed by atoms with Gasteiger partial charge in [0.15, 0.2) is 5.11 Å². The van der Waals surface area contributed by atoms with Gasteiger partial charge in [-0.15, -0.1) is 0 Å². The molecule has 3 aromatic carbocycles. The summed E-state index contributed by atoms with van der Waals surface area (Å²) >= 11 is 7.43. The van der Waals surface area contributed by atoms with E-state index in [4.69, 9.17) is 12.2 Å². The molecule has 138 valence electrons. The monoisotopic (exact) mass is 498 g/mol. The highest BCUT2D eigenvalue weighted by atomic mass is 127. The Hall–Kier alpha value is -2.78. The van der Waals surface area contributed by atoms with Crippen molar-refractivity contribution in [3.8, 4) is 11.4 Å². The quantitative estimate of drug-likeness (QED) is 0.276. The van der Waals surface area contributed by atoms with Crippen molar-refractivity contribution in [2.24, 2.45) is 0 Å². The highest BCUT2D eigenvalue weighted by Crippen LogP contribution is 2.23. The van der Waals surface area contributed by atoms with Gasteiger partial charge in [0.25, 0.3) is 5.91 Å². The van der Waals surface area contributed by atoms with E-state index in [9.17, 15) is 4.79 Å². The predicted octanol–water partition coefficient (Wildman–Crippen LogP) is 4.96. The van der Waals surface area contributed by atoms with Crippen molar-refractivity contribution in [2.75, 3.05) is 5.32 Å². The summed E-state index contributed by atoms with van der Waals surface area (Å²) in [6.07, 6.45) is 0. The maximum Gasteiger partial charge on any atom is 0.258 e. The van der Waals surface area contributed by atoms with Crippen molar-refractivity contribution < 1.29 is 4.79 Å². The lowest BCUT2D eigenvalue weighted by Gasteiger charge is -2.11. The molecule has 4 rings (SSSR count). The molecule has 1 amide bonds. The van der Waals surface area contributed by atoms with E-state index in [1.54, 1.807) is 6.07 Å². The van der Waals surface area contributed by atoms with Crippen LogP contribution in [0.5, 0.6) is 0 Å². The molecular formula is C21H15IN4OS. The number of thiocarbonyl (C=S) groups is 1. The van der Waals surface area contributed by atoms with Crippen molar-refractivity contribution in [1.29, 1.82) is 0 Å². The predicted molar refractivity (Wildman–Crippen MR) is 124 cm³/mol. The first-order valence-electron chi connectivity index (χ1n) is 8.52. The molecule has 1 aromatic heterocycles. The number of carbonyl (C=O) groups excluding carboxylic acids is 1. The Morgan fingerprint density at radius 1 is 1.00 bits per heavy atom. The zero-order chi connectivity index (χ0) is 19.5. The fourth-order valence-corrected chi connectivity index (χ4v) is 3.65. The maximum atomic E-state index is 12.4. The molecule has 0 fully saturated rings. The maximum absolute atomic E-state index is 12.4. The number of carbonyl (C=O) groups is 1. The summed E-state index contributed by atoms with van der Waals surface area (Å²) in [4.78, 5) is 20.3. The van der Waals surface area contributed by atoms with E-state index in [2.05, 4.69) is 43.2 Å². The third-order valence-corrected chi connectivity index (χ3v) is 5.27. The van der Waals surface area contributed by atoms with Crippen LogP contribution in [-0.4, -0.2) is 21.0 Å². The number of hydrogen-bond acceptors (Lipinski definition) is 3. The van der Waals surface area contributed by atoms with Gasteiger partial charge in [-0.05, 0) is 71.2 Å². The molecule has 5 nitrogen and oxygen atoms in total. The Kier molecular flexibility index (Phi) is 5.36. The molecule has 0 aliphatic carbocycles. The van der Waals surface area contributed by atoms with Crippen LogP contribution < -0.4 is 10.6 Å². The third kappa shape index (κ3) is 4.05. The molecule has 0 bridgehead atoms. The second-order valence-electron chi connectivity index (χ2n) is 6.07. The number of H-pyrrole nitrogens is 1. The van der Waals surface area contributed by atoms with Gasteiger partial charge in [-0.2, -0.15) is 0 Å². The molecule has 0 aliphatic rings. The second kappa shape index (κ2) is 8.07. The summed E-state index contributed by atoms with van der Waals surface area (Å²) in [6.45, 7) is 0. The molecule has 28 heavy (non-hydrogen) atoms. The number of fused-ring (bicyclic) bond motifs is 1. The van der Waals surface area contributed by atoms with Gasteiger partial charge in [0.05, 0.1) is 16.6 Å². The Labute approximate surface area is 180 Å². The molecule has 0 spiro atoms. The van der Waals surface area contributed by atoms with Crippen LogP contribution in [0.15, 0.2) is 72.8 Å². The lowest BCUT2D eigenvalue weighted by Crippen LogP contribution is -2.34. The van der Waals surface area contributed by atoms with Crippen molar-refractivity contribution in [3.63, 3.8) is 0 Å². The van der Waals surface area contributed by atoms with Crippen molar-refractivity contribution >= 4 is 62.5 Å². The number of amides is 1. The molecule has 7 heteroatoms. The molecule has 3 N–H and O–H groups in total. The molecule has 1 heterocycles. The SMILES string of the molecule is O=C(NC(=S)Nc1cccc(-c2nc3ccccc3[nH]2)c1)c1ccccc1I. The first-order valence-corrected chi connectivity index (χ1v) is 10.0. The minimum Gasteiger partial charge on any atom is -0.338 e. The smallest absolute Gasteiger partial charge is 0.258 e. The number of benzene rings is 3. The summed E-state index contributed by atoms with van der Waals surface area (Å²) in [5.41, 5.74) is 4.18. The lowest BCUT2D eigenvalue weighted by atomic mass is 10.2. The summed E-state index contributed by atoms with van der Waals surface area (Å²) in [6, 6.07) is 22.9. The van der Waals surface area contributed by atoms with Crippen molar-refractivity contribution in [1.82, 2.24) is 15.3 Å². The van der Waals surface area contributed by atoms with Crippen LogP contribution in [0.4, 0.5) is 5.69 Å². The van der Waals surface area contributed by atoms with E-state index in [1.807, 2.05) is 66.7 Å². The van der Waals surface area contributed by atoms with Crippen LogP contribution in [0.1, 0.15) is 10.4 Å². The number of nitrogens with zero attached hydrogens (tertiary/aromatic N) is 1. The van der Waals surface area contributed by atoms with Gasteiger partial charge in [-0.3, -0.25) is 10.1 Å². The Morgan fingerprint density at radius 3 is 2.61 bits per heavy atom. The minimum absolute atomic E-state index is 0.240. The minimum atomic E-state index is -0.240. The van der Waals surface area contributed by atoms with Crippen molar-refractivity contribution in [3.05, 3.63) is 81.9 Å². The molecule has 4 aromatic rings. The van der Waals surface area contributed by atoms with Gasteiger partial charge >= 0.3 is 0 Å². The number of halogens is 1. The molecule has 0 unspecified atom stereocenters. The standard InChI is InChI=1S/C21H15IN4OS/c22-16-9-2-1-8-15(16)20(27)26-21(28)23-14-7-5-6-13(12-14)19-24-17-10-3-4-11-18(17)25-19/h1-12H,(H,24,25)(H2,23,26,27,28). The van der Waals surface area contributed by atoms with E-state index >= 15 is 0 Å². The summed E-state index contributed by atoms with van der Waals surface area (Å²) < 4.78 is 0.868. The largest absolute Gasteiger partial charge is 0.338 e. The van der Waals surface area contributed by atoms with Crippen LogP contribution >= 0.6 is 34.8 Å². The van der Waals surface area contributed by atoms with Gasteiger partial charge in [0, 0.05) is 14.8 Å². The average Bonchev–Trinajstić information content (AvgIpc) is 3.12.